The van der Waals surface area contributed by atoms with Crippen molar-refractivity contribution in [2.75, 3.05) is 0 Å². The van der Waals surface area contributed by atoms with Crippen molar-refractivity contribution >= 4 is 59.8 Å². The van der Waals surface area contributed by atoms with Gasteiger partial charge in [0.15, 0.2) is 17.5 Å². The number of rotatable bonds is 4. The summed E-state index contributed by atoms with van der Waals surface area (Å²) < 4.78 is 6.30. The highest BCUT2D eigenvalue weighted by atomic mass is 16.3. The maximum atomic E-state index is 6.30. The van der Waals surface area contributed by atoms with E-state index < -0.39 is 0 Å². The second-order valence-corrected chi connectivity index (χ2v) is 12.7. The van der Waals surface area contributed by atoms with E-state index in [-0.39, 0.29) is 0 Å². The number of benzene rings is 7. The molecule has 0 saturated heterocycles. The van der Waals surface area contributed by atoms with Gasteiger partial charge in [0.2, 0.25) is 0 Å². The molecule has 0 unspecified atom stereocenters. The maximum Gasteiger partial charge on any atom is 0.164 e. The monoisotopic (exact) mass is 627 g/mol. The Kier molecular flexibility index (Phi) is 6.28. The van der Waals surface area contributed by atoms with Crippen LogP contribution in [0.15, 0.2) is 156 Å². The fourth-order valence-electron chi connectivity index (χ4n) is 7.38. The lowest BCUT2D eigenvalue weighted by Crippen LogP contribution is -2.04. The first-order valence-corrected chi connectivity index (χ1v) is 16.7. The molecule has 230 valence electrons. The lowest BCUT2D eigenvalue weighted by molar-refractivity contribution is 0.669. The average molecular weight is 628 g/mol. The zero-order chi connectivity index (χ0) is 32.3. The molecular formula is C45H29N3O. The van der Waals surface area contributed by atoms with Gasteiger partial charge in [-0.25, -0.2) is 15.0 Å². The zero-order valence-electron chi connectivity index (χ0n) is 26.6. The Morgan fingerprint density at radius 3 is 2.02 bits per heavy atom. The predicted octanol–water partition coefficient (Wildman–Crippen LogP) is 12.0. The Morgan fingerprint density at radius 1 is 0.469 bits per heavy atom. The molecule has 0 N–H and O–H groups in total. The summed E-state index contributed by atoms with van der Waals surface area (Å²) in [6, 6.07) is 47.0. The van der Waals surface area contributed by atoms with Crippen LogP contribution in [0, 0.1) is 0 Å². The molecule has 0 saturated carbocycles. The molecule has 4 heteroatoms. The summed E-state index contributed by atoms with van der Waals surface area (Å²) in [5, 5.41) is 9.36. The number of hydrogen-bond acceptors (Lipinski definition) is 4. The summed E-state index contributed by atoms with van der Waals surface area (Å²) in [5.74, 6) is 2.05. The standard InChI is InChI=1S/C45H29N3O/c1-2-12-29(13-3-1)43-46-44(32-23-24-36-31(25-32)22-21-28-11-4-6-15-34(28)36)48-45(47-43)33-26-30-14-5-7-16-35(30)39(27-33)37-18-10-20-41-42(37)38-17-8-9-19-40(38)49-41/h1-2,4-12,14-27H,3,13H2. The van der Waals surface area contributed by atoms with Gasteiger partial charge < -0.3 is 4.42 Å². The van der Waals surface area contributed by atoms with E-state index in [0.29, 0.717) is 11.6 Å². The van der Waals surface area contributed by atoms with Crippen molar-refractivity contribution < 1.29 is 4.42 Å². The minimum Gasteiger partial charge on any atom is -0.456 e. The molecule has 4 nitrogen and oxygen atoms in total. The smallest absolute Gasteiger partial charge is 0.164 e. The van der Waals surface area contributed by atoms with Crippen molar-refractivity contribution in [2.24, 2.45) is 0 Å². The van der Waals surface area contributed by atoms with Gasteiger partial charge in [0.25, 0.3) is 0 Å². The first-order chi connectivity index (χ1) is 24.3. The third-order valence-electron chi connectivity index (χ3n) is 9.75. The highest BCUT2D eigenvalue weighted by Gasteiger charge is 2.19. The van der Waals surface area contributed by atoms with E-state index in [1.165, 1.54) is 21.5 Å². The molecule has 2 heterocycles. The molecule has 0 spiro atoms. The third kappa shape index (κ3) is 4.64. The van der Waals surface area contributed by atoms with Crippen LogP contribution >= 0.6 is 0 Å². The lowest BCUT2D eigenvalue weighted by atomic mass is 9.92. The largest absolute Gasteiger partial charge is 0.456 e. The number of allylic oxidation sites excluding steroid dienone is 4. The summed E-state index contributed by atoms with van der Waals surface area (Å²) in [6.07, 6.45) is 8.29. The van der Waals surface area contributed by atoms with Gasteiger partial charge in [0.05, 0.1) is 0 Å². The van der Waals surface area contributed by atoms with E-state index in [4.69, 9.17) is 19.4 Å². The number of furan rings is 1. The van der Waals surface area contributed by atoms with Crippen molar-refractivity contribution in [3.8, 4) is 33.9 Å². The molecule has 2 aromatic heterocycles. The highest BCUT2D eigenvalue weighted by molar-refractivity contribution is 6.16. The van der Waals surface area contributed by atoms with Crippen molar-refractivity contribution in [3.05, 3.63) is 158 Å². The quantitative estimate of drug-likeness (QED) is 0.182. The van der Waals surface area contributed by atoms with Crippen molar-refractivity contribution in [3.63, 3.8) is 0 Å². The van der Waals surface area contributed by atoms with E-state index in [0.717, 1.165) is 79.2 Å². The maximum absolute atomic E-state index is 6.30. The van der Waals surface area contributed by atoms with Crippen LogP contribution in [-0.4, -0.2) is 15.0 Å². The molecule has 0 aliphatic heterocycles. The Balaban J connectivity index is 1.20. The van der Waals surface area contributed by atoms with Crippen LogP contribution in [-0.2, 0) is 0 Å². The molecule has 7 aromatic carbocycles. The van der Waals surface area contributed by atoms with Crippen LogP contribution in [0.4, 0.5) is 0 Å². The number of nitrogens with zero attached hydrogens (tertiary/aromatic N) is 3. The fraction of sp³-hybridized carbons (Fsp3) is 0.0444. The van der Waals surface area contributed by atoms with E-state index in [2.05, 4.69) is 133 Å². The minimum atomic E-state index is 0.658. The highest BCUT2D eigenvalue weighted by Crippen LogP contribution is 2.41. The topological polar surface area (TPSA) is 51.8 Å². The Bertz CT molecular complexity index is 2840. The average Bonchev–Trinajstić information content (AvgIpc) is 3.56. The molecule has 1 aliphatic carbocycles. The third-order valence-corrected chi connectivity index (χ3v) is 9.75. The number of aromatic nitrogens is 3. The van der Waals surface area contributed by atoms with E-state index in [1.54, 1.807) is 0 Å². The fourth-order valence-corrected chi connectivity index (χ4v) is 7.38. The van der Waals surface area contributed by atoms with Crippen LogP contribution in [0.25, 0.3) is 93.7 Å². The van der Waals surface area contributed by atoms with Crippen molar-refractivity contribution in [1.82, 2.24) is 15.0 Å². The van der Waals surface area contributed by atoms with Gasteiger partial charge in [-0.05, 0) is 92.2 Å². The Morgan fingerprint density at radius 2 is 1.14 bits per heavy atom. The van der Waals surface area contributed by atoms with Gasteiger partial charge >= 0.3 is 0 Å². The number of hydrogen-bond donors (Lipinski definition) is 0. The van der Waals surface area contributed by atoms with E-state index >= 15 is 0 Å². The lowest BCUT2D eigenvalue weighted by Gasteiger charge is -2.14. The second kappa shape index (κ2) is 11.1. The number of fused-ring (bicyclic) bond motifs is 7. The first kappa shape index (κ1) is 27.7. The van der Waals surface area contributed by atoms with Gasteiger partial charge in [0.1, 0.15) is 11.2 Å². The van der Waals surface area contributed by atoms with Crippen LogP contribution in [0.5, 0.6) is 0 Å². The molecule has 1 aliphatic rings. The van der Waals surface area contributed by atoms with Crippen LogP contribution < -0.4 is 0 Å². The molecule has 0 radical (unpaired) electrons. The molecule has 9 aromatic rings. The zero-order valence-corrected chi connectivity index (χ0v) is 26.6. The minimum absolute atomic E-state index is 0.658. The Hall–Kier alpha value is -6.39. The van der Waals surface area contributed by atoms with Gasteiger partial charge in [0, 0.05) is 21.9 Å². The summed E-state index contributed by atoms with van der Waals surface area (Å²) in [6.45, 7) is 0. The first-order valence-electron chi connectivity index (χ1n) is 16.7. The SMILES string of the molecule is C1=CCCC(c2nc(-c3cc(-c4cccc5oc6ccccc6c45)c4ccccc4c3)nc(-c3ccc4c(ccc5ccccc54)c3)n2)=C1. The molecule has 0 amide bonds. The van der Waals surface area contributed by atoms with Crippen molar-refractivity contribution in [1.29, 1.82) is 0 Å². The summed E-state index contributed by atoms with van der Waals surface area (Å²) in [5.41, 5.74) is 7.03. The van der Waals surface area contributed by atoms with E-state index in [9.17, 15) is 0 Å². The second-order valence-electron chi connectivity index (χ2n) is 12.7. The Labute approximate surface area is 282 Å². The molecular weight excluding hydrogens is 599 g/mol. The van der Waals surface area contributed by atoms with Gasteiger partial charge in [-0.1, -0.05) is 121 Å². The van der Waals surface area contributed by atoms with Gasteiger partial charge in [-0.15, -0.1) is 0 Å². The molecule has 0 bridgehead atoms. The molecule has 0 atom stereocenters. The van der Waals surface area contributed by atoms with Crippen LogP contribution in [0.2, 0.25) is 0 Å². The van der Waals surface area contributed by atoms with Gasteiger partial charge in [-0.3, -0.25) is 0 Å². The van der Waals surface area contributed by atoms with Gasteiger partial charge in [-0.2, -0.15) is 0 Å². The normalized spacial score (nSPS) is 13.2. The summed E-state index contributed by atoms with van der Waals surface area (Å²) in [7, 11) is 0. The van der Waals surface area contributed by atoms with Crippen molar-refractivity contribution in [2.45, 2.75) is 12.8 Å². The van der Waals surface area contributed by atoms with Crippen LogP contribution in [0.3, 0.4) is 0 Å². The molecule has 10 rings (SSSR count). The molecule has 0 fully saturated rings. The van der Waals surface area contributed by atoms with Crippen LogP contribution in [0.1, 0.15) is 18.7 Å². The predicted molar refractivity (Wildman–Crippen MR) is 202 cm³/mol. The summed E-state index contributed by atoms with van der Waals surface area (Å²) in [4.78, 5) is 15.4. The summed E-state index contributed by atoms with van der Waals surface area (Å²) >= 11 is 0. The van der Waals surface area contributed by atoms with E-state index in [1.807, 2.05) is 18.2 Å². The number of para-hydroxylation sites is 1. The molecule has 49 heavy (non-hydrogen) atoms.